The van der Waals surface area contributed by atoms with E-state index in [4.69, 9.17) is 0 Å². The van der Waals surface area contributed by atoms with Crippen molar-refractivity contribution in [3.05, 3.63) is 29.8 Å². The average Bonchev–Trinajstić information content (AvgIpc) is 2.18. The number of aromatic hydroxyl groups is 1. The summed E-state index contributed by atoms with van der Waals surface area (Å²) in [6.45, 7) is 8.62. The van der Waals surface area contributed by atoms with E-state index in [1.807, 2.05) is 18.2 Å². The third-order valence-corrected chi connectivity index (χ3v) is 2.92. The van der Waals surface area contributed by atoms with Crippen LogP contribution < -0.4 is 5.32 Å². The van der Waals surface area contributed by atoms with Gasteiger partial charge in [-0.05, 0) is 25.8 Å². The quantitative estimate of drug-likeness (QED) is 0.795. The first-order valence-electron chi connectivity index (χ1n) is 5.56. The van der Waals surface area contributed by atoms with Gasteiger partial charge >= 0.3 is 0 Å². The van der Waals surface area contributed by atoms with Gasteiger partial charge in [-0.25, -0.2) is 0 Å². The van der Waals surface area contributed by atoms with Crippen molar-refractivity contribution in [3.63, 3.8) is 0 Å². The molecule has 0 aliphatic carbocycles. The summed E-state index contributed by atoms with van der Waals surface area (Å²) in [5.74, 6) is 0.965. The molecule has 1 aromatic carbocycles. The van der Waals surface area contributed by atoms with E-state index in [0.29, 0.717) is 17.7 Å². The monoisotopic (exact) mass is 207 g/mol. The number of hydrogen-bond donors (Lipinski definition) is 2. The lowest BCUT2D eigenvalue weighted by Gasteiger charge is -2.23. The maximum atomic E-state index is 9.69. The Hall–Kier alpha value is -1.02. The number of phenolic OH excluding ortho intramolecular Hbond substituents is 1. The molecule has 2 atom stereocenters. The molecule has 2 N–H and O–H groups in total. The molecule has 0 saturated carbocycles. The SMILES string of the molecule is CC(C)[C@H](C)N[C@@H](C)c1ccccc1O. The van der Waals surface area contributed by atoms with Gasteiger partial charge in [0.15, 0.2) is 0 Å². The van der Waals surface area contributed by atoms with Gasteiger partial charge in [0, 0.05) is 17.6 Å². The number of phenols is 1. The van der Waals surface area contributed by atoms with Crippen LogP contribution in [0.25, 0.3) is 0 Å². The largest absolute Gasteiger partial charge is 0.508 e. The highest BCUT2D eigenvalue weighted by atomic mass is 16.3. The second-order valence-electron chi connectivity index (χ2n) is 4.48. The van der Waals surface area contributed by atoms with Crippen LogP contribution in [0, 0.1) is 5.92 Å². The van der Waals surface area contributed by atoms with E-state index in [2.05, 4.69) is 33.0 Å². The summed E-state index contributed by atoms with van der Waals surface area (Å²) in [6, 6.07) is 8.11. The molecule has 0 amide bonds. The van der Waals surface area contributed by atoms with Crippen molar-refractivity contribution >= 4 is 0 Å². The van der Waals surface area contributed by atoms with Crippen LogP contribution in [-0.2, 0) is 0 Å². The predicted molar refractivity (Wildman–Crippen MR) is 64.0 cm³/mol. The van der Waals surface area contributed by atoms with Crippen LogP contribution in [0.15, 0.2) is 24.3 Å². The second kappa shape index (κ2) is 5.17. The first-order valence-corrected chi connectivity index (χ1v) is 5.56. The van der Waals surface area contributed by atoms with Crippen LogP contribution >= 0.6 is 0 Å². The van der Waals surface area contributed by atoms with Gasteiger partial charge in [-0.1, -0.05) is 32.0 Å². The van der Waals surface area contributed by atoms with Crippen molar-refractivity contribution in [3.8, 4) is 5.75 Å². The lowest BCUT2D eigenvalue weighted by atomic mass is 10.0. The van der Waals surface area contributed by atoms with Crippen molar-refractivity contribution in [2.45, 2.75) is 39.8 Å². The molecule has 0 aliphatic rings. The summed E-state index contributed by atoms with van der Waals surface area (Å²) in [4.78, 5) is 0. The molecule has 0 bridgehead atoms. The molecule has 0 aliphatic heterocycles. The first-order chi connectivity index (χ1) is 7.02. The summed E-state index contributed by atoms with van der Waals surface area (Å²) < 4.78 is 0. The Morgan fingerprint density at radius 1 is 1.07 bits per heavy atom. The molecule has 84 valence electrons. The van der Waals surface area contributed by atoms with E-state index in [1.54, 1.807) is 6.07 Å². The van der Waals surface area contributed by atoms with Crippen LogP contribution in [0.5, 0.6) is 5.75 Å². The highest BCUT2D eigenvalue weighted by Gasteiger charge is 2.14. The van der Waals surface area contributed by atoms with E-state index in [0.717, 1.165) is 5.56 Å². The third-order valence-electron chi connectivity index (χ3n) is 2.92. The summed E-state index contributed by atoms with van der Waals surface area (Å²) in [5, 5.41) is 13.2. The fourth-order valence-corrected chi connectivity index (χ4v) is 1.53. The Kier molecular flexibility index (Phi) is 4.15. The summed E-state index contributed by atoms with van der Waals surface area (Å²) in [6.07, 6.45) is 0. The van der Waals surface area contributed by atoms with Crippen molar-refractivity contribution < 1.29 is 5.11 Å². The molecule has 1 rings (SSSR count). The molecule has 15 heavy (non-hydrogen) atoms. The van der Waals surface area contributed by atoms with Crippen molar-refractivity contribution in [1.82, 2.24) is 5.32 Å². The molecule has 0 heterocycles. The standard InChI is InChI=1S/C13H21NO/c1-9(2)10(3)14-11(4)12-7-5-6-8-13(12)15/h5-11,14-15H,1-4H3/t10-,11-/m0/s1. The minimum Gasteiger partial charge on any atom is -0.508 e. The molecule has 0 saturated heterocycles. The summed E-state index contributed by atoms with van der Waals surface area (Å²) in [7, 11) is 0. The van der Waals surface area contributed by atoms with Crippen LogP contribution in [0.1, 0.15) is 39.3 Å². The molecule has 0 radical (unpaired) electrons. The Balaban J connectivity index is 2.69. The average molecular weight is 207 g/mol. The molecule has 0 aromatic heterocycles. The smallest absolute Gasteiger partial charge is 0.120 e. The molecule has 2 nitrogen and oxygen atoms in total. The minimum atomic E-state index is 0.184. The van der Waals surface area contributed by atoms with Gasteiger partial charge in [0.2, 0.25) is 0 Å². The van der Waals surface area contributed by atoms with Crippen molar-refractivity contribution in [2.24, 2.45) is 5.92 Å². The summed E-state index contributed by atoms with van der Waals surface area (Å²) in [5.41, 5.74) is 0.963. The van der Waals surface area contributed by atoms with Crippen LogP contribution in [0.3, 0.4) is 0 Å². The number of rotatable bonds is 4. The predicted octanol–water partition coefficient (Wildman–Crippen LogP) is 3.09. The molecule has 0 unspecified atom stereocenters. The van der Waals surface area contributed by atoms with E-state index >= 15 is 0 Å². The first kappa shape index (κ1) is 12.1. The second-order valence-corrected chi connectivity index (χ2v) is 4.48. The van der Waals surface area contributed by atoms with E-state index in [1.165, 1.54) is 0 Å². The molecule has 2 heteroatoms. The zero-order chi connectivity index (χ0) is 11.4. The molecular formula is C13H21NO. The number of para-hydroxylation sites is 1. The van der Waals surface area contributed by atoms with Gasteiger partial charge in [0.1, 0.15) is 5.75 Å². The zero-order valence-corrected chi connectivity index (χ0v) is 9.99. The molecule has 1 aromatic rings. The van der Waals surface area contributed by atoms with Gasteiger partial charge < -0.3 is 10.4 Å². The lowest BCUT2D eigenvalue weighted by Crippen LogP contribution is -2.32. The highest BCUT2D eigenvalue weighted by Crippen LogP contribution is 2.23. The zero-order valence-electron chi connectivity index (χ0n) is 9.99. The van der Waals surface area contributed by atoms with Gasteiger partial charge in [0.25, 0.3) is 0 Å². The van der Waals surface area contributed by atoms with Gasteiger partial charge in [-0.3, -0.25) is 0 Å². The maximum absolute atomic E-state index is 9.69. The number of benzene rings is 1. The van der Waals surface area contributed by atoms with Crippen LogP contribution in [-0.4, -0.2) is 11.1 Å². The molecular weight excluding hydrogens is 186 g/mol. The Labute approximate surface area is 92.3 Å². The highest BCUT2D eigenvalue weighted by molar-refractivity contribution is 5.34. The Bertz CT molecular complexity index is 309. The normalized spacial score (nSPS) is 15.3. The van der Waals surface area contributed by atoms with Gasteiger partial charge in [-0.2, -0.15) is 0 Å². The van der Waals surface area contributed by atoms with E-state index in [9.17, 15) is 5.11 Å². The summed E-state index contributed by atoms with van der Waals surface area (Å²) >= 11 is 0. The van der Waals surface area contributed by atoms with E-state index in [-0.39, 0.29) is 6.04 Å². The van der Waals surface area contributed by atoms with Gasteiger partial charge in [0.05, 0.1) is 0 Å². The molecule has 0 fully saturated rings. The van der Waals surface area contributed by atoms with Crippen LogP contribution in [0.2, 0.25) is 0 Å². The fourth-order valence-electron chi connectivity index (χ4n) is 1.53. The Morgan fingerprint density at radius 3 is 2.20 bits per heavy atom. The van der Waals surface area contributed by atoms with E-state index < -0.39 is 0 Å². The number of hydrogen-bond acceptors (Lipinski definition) is 2. The Morgan fingerprint density at radius 2 is 1.67 bits per heavy atom. The van der Waals surface area contributed by atoms with Gasteiger partial charge in [-0.15, -0.1) is 0 Å². The minimum absolute atomic E-state index is 0.184. The van der Waals surface area contributed by atoms with Crippen LogP contribution in [0.4, 0.5) is 0 Å². The molecule has 0 spiro atoms. The number of nitrogens with one attached hydrogen (secondary N) is 1. The maximum Gasteiger partial charge on any atom is 0.120 e. The van der Waals surface area contributed by atoms with Crippen molar-refractivity contribution in [2.75, 3.05) is 0 Å². The topological polar surface area (TPSA) is 32.3 Å². The van der Waals surface area contributed by atoms with Crippen molar-refractivity contribution in [1.29, 1.82) is 0 Å². The fraction of sp³-hybridized carbons (Fsp3) is 0.538. The lowest BCUT2D eigenvalue weighted by molar-refractivity contribution is 0.379. The third kappa shape index (κ3) is 3.24.